The molecule has 0 aliphatic carbocycles. The van der Waals surface area contributed by atoms with E-state index in [-0.39, 0.29) is 16.6 Å². The lowest BCUT2D eigenvalue weighted by Gasteiger charge is -2.28. The van der Waals surface area contributed by atoms with E-state index in [1.165, 1.54) is 12.0 Å². The fraction of sp³-hybridized carbons (Fsp3) is 0.381. The van der Waals surface area contributed by atoms with Crippen LogP contribution in [0, 0.1) is 6.92 Å². The zero-order valence-electron chi connectivity index (χ0n) is 19.1. The second-order valence-electron chi connectivity index (χ2n) is 7.72. The van der Waals surface area contributed by atoms with Crippen LogP contribution in [-0.2, 0) is 9.47 Å². The van der Waals surface area contributed by atoms with Gasteiger partial charge < -0.3 is 29.9 Å². The first-order valence-electron chi connectivity index (χ1n) is 10.4. The van der Waals surface area contributed by atoms with Gasteiger partial charge in [-0.2, -0.15) is 0 Å². The van der Waals surface area contributed by atoms with Gasteiger partial charge in [-0.1, -0.05) is 0 Å². The van der Waals surface area contributed by atoms with Gasteiger partial charge in [-0.25, -0.2) is 9.42 Å². The molecule has 180 valence electrons. The van der Waals surface area contributed by atoms with Crippen molar-refractivity contribution in [3.8, 4) is 0 Å². The first kappa shape index (κ1) is 23.9. The van der Waals surface area contributed by atoms with Crippen molar-refractivity contribution in [2.75, 3.05) is 63.0 Å². The maximum atomic E-state index is 12.6. The van der Waals surface area contributed by atoms with Gasteiger partial charge in [0.1, 0.15) is 5.00 Å². The maximum Gasteiger partial charge on any atom is 0.341 e. The molecule has 2 N–H and O–H groups in total. The molecule has 0 unspecified atom stereocenters. The number of amides is 1. The summed E-state index contributed by atoms with van der Waals surface area (Å²) in [6, 6.07) is 3.76. The average molecular weight is 505 g/mol. The number of hydrogen-bond donors (Lipinski definition) is 2. The first-order chi connectivity index (χ1) is 16.3. The van der Waals surface area contributed by atoms with E-state index in [0.29, 0.717) is 45.4 Å². The third-order valence-electron chi connectivity index (χ3n) is 5.36. The highest BCUT2D eigenvalue weighted by atomic mass is 32.1. The molecule has 1 fully saturated rings. The minimum atomic E-state index is -0.560. The Morgan fingerprint density at radius 3 is 2.56 bits per heavy atom. The second kappa shape index (κ2) is 9.91. The fourth-order valence-corrected chi connectivity index (χ4v) is 5.12. The van der Waals surface area contributed by atoms with E-state index in [0.717, 1.165) is 30.1 Å². The van der Waals surface area contributed by atoms with Crippen LogP contribution in [0.4, 0.5) is 16.4 Å². The first-order valence-corrected chi connectivity index (χ1v) is 11.6. The van der Waals surface area contributed by atoms with Crippen LogP contribution in [0.3, 0.4) is 0 Å². The number of thiocarbonyl (C=S) groups is 1. The SMILES string of the molecule is COC(=O)c1c(NC(=S)Nc2ccc(N3CCOCC3)c3nonc23)sc(C(=O)N(C)C)c1C. The molecular formula is C21H24N6O5S2. The van der Waals surface area contributed by atoms with E-state index in [4.69, 9.17) is 26.3 Å². The molecule has 34 heavy (non-hydrogen) atoms. The monoisotopic (exact) mass is 504 g/mol. The van der Waals surface area contributed by atoms with Gasteiger partial charge in [-0.15, -0.1) is 11.3 Å². The number of nitrogens with zero attached hydrogens (tertiary/aromatic N) is 4. The van der Waals surface area contributed by atoms with Crippen molar-refractivity contribution < 1.29 is 23.7 Å². The number of nitrogens with one attached hydrogen (secondary N) is 2. The minimum absolute atomic E-state index is 0.207. The number of carbonyl (C=O) groups excluding carboxylic acids is 2. The van der Waals surface area contributed by atoms with E-state index < -0.39 is 5.97 Å². The zero-order valence-corrected chi connectivity index (χ0v) is 20.8. The van der Waals surface area contributed by atoms with Crippen LogP contribution in [-0.4, -0.2) is 79.7 Å². The van der Waals surface area contributed by atoms with E-state index >= 15 is 0 Å². The van der Waals surface area contributed by atoms with Crippen molar-refractivity contribution in [3.05, 3.63) is 28.1 Å². The number of thiophene rings is 1. The highest BCUT2D eigenvalue weighted by molar-refractivity contribution is 7.80. The number of rotatable bonds is 5. The highest BCUT2D eigenvalue weighted by Gasteiger charge is 2.27. The summed E-state index contributed by atoms with van der Waals surface area (Å²) in [5.41, 5.74) is 3.40. The van der Waals surface area contributed by atoms with Gasteiger partial charge in [-0.3, -0.25) is 4.79 Å². The Hall–Kier alpha value is -3.29. The van der Waals surface area contributed by atoms with E-state index in [9.17, 15) is 9.59 Å². The van der Waals surface area contributed by atoms with Gasteiger partial charge in [0.25, 0.3) is 5.91 Å². The Bertz CT molecular complexity index is 1250. The van der Waals surface area contributed by atoms with Crippen LogP contribution in [0.15, 0.2) is 16.8 Å². The number of ether oxygens (including phenoxy) is 2. The van der Waals surface area contributed by atoms with Crippen LogP contribution >= 0.6 is 23.6 Å². The van der Waals surface area contributed by atoms with Crippen molar-refractivity contribution in [3.63, 3.8) is 0 Å². The van der Waals surface area contributed by atoms with E-state index in [1.807, 2.05) is 12.1 Å². The maximum absolute atomic E-state index is 12.6. The molecule has 1 saturated heterocycles. The van der Waals surface area contributed by atoms with Gasteiger partial charge >= 0.3 is 5.97 Å². The molecule has 0 radical (unpaired) electrons. The molecule has 0 saturated carbocycles. The van der Waals surface area contributed by atoms with Crippen molar-refractivity contribution >= 4 is 68.0 Å². The summed E-state index contributed by atoms with van der Waals surface area (Å²) in [5.74, 6) is -0.775. The minimum Gasteiger partial charge on any atom is -0.465 e. The predicted octanol–water partition coefficient (Wildman–Crippen LogP) is 2.73. The van der Waals surface area contributed by atoms with Crippen molar-refractivity contribution in [1.82, 2.24) is 15.2 Å². The fourth-order valence-electron chi connectivity index (χ4n) is 3.63. The van der Waals surface area contributed by atoms with Crippen LogP contribution in [0.5, 0.6) is 0 Å². The summed E-state index contributed by atoms with van der Waals surface area (Å²) in [4.78, 5) is 29.0. The van der Waals surface area contributed by atoms with Crippen molar-refractivity contribution in [1.29, 1.82) is 0 Å². The second-order valence-corrected chi connectivity index (χ2v) is 9.15. The molecule has 0 bridgehead atoms. The Morgan fingerprint density at radius 1 is 1.18 bits per heavy atom. The molecule has 0 atom stereocenters. The average Bonchev–Trinajstić information content (AvgIpc) is 3.44. The predicted molar refractivity (Wildman–Crippen MR) is 133 cm³/mol. The molecule has 3 heterocycles. The third kappa shape index (κ3) is 4.54. The zero-order chi connectivity index (χ0) is 24.4. The summed E-state index contributed by atoms with van der Waals surface area (Å²) in [5, 5.41) is 14.8. The summed E-state index contributed by atoms with van der Waals surface area (Å²) < 4.78 is 15.4. The molecule has 3 aromatic rings. The quantitative estimate of drug-likeness (QED) is 0.394. The Balaban J connectivity index is 1.60. The topological polar surface area (TPSA) is 122 Å². The number of benzene rings is 1. The largest absolute Gasteiger partial charge is 0.465 e. The molecule has 13 heteroatoms. The van der Waals surface area contributed by atoms with Gasteiger partial charge in [0.15, 0.2) is 16.1 Å². The van der Waals surface area contributed by atoms with Crippen LogP contribution in [0.2, 0.25) is 0 Å². The molecule has 2 aromatic heterocycles. The number of hydrogen-bond acceptors (Lipinski definition) is 10. The van der Waals surface area contributed by atoms with Crippen molar-refractivity contribution in [2.45, 2.75) is 6.92 Å². The molecule has 1 aliphatic rings. The highest BCUT2D eigenvalue weighted by Crippen LogP contribution is 2.35. The lowest BCUT2D eigenvalue weighted by atomic mass is 10.1. The molecule has 1 aromatic carbocycles. The van der Waals surface area contributed by atoms with Crippen molar-refractivity contribution in [2.24, 2.45) is 0 Å². The van der Waals surface area contributed by atoms with Crippen LogP contribution in [0.1, 0.15) is 25.6 Å². The number of esters is 1. The smallest absolute Gasteiger partial charge is 0.341 e. The Morgan fingerprint density at radius 2 is 1.88 bits per heavy atom. The standard InChI is InChI=1S/C21H24N6O5S2/c1-11-14(20(29)30-4)18(34-17(11)19(28)26(2)3)23-21(33)22-12-5-6-13(16-15(12)24-32-25-16)27-7-9-31-10-8-27/h5-6H,7-10H2,1-4H3,(H2,22,23,33). The van der Waals surface area contributed by atoms with Gasteiger partial charge in [0.2, 0.25) is 0 Å². The Labute approximate surface area is 204 Å². The number of anilines is 3. The molecule has 11 nitrogen and oxygen atoms in total. The normalized spacial score (nSPS) is 13.6. The van der Waals surface area contributed by atoms with E-state index in [1.54, 1.807) is 21.0 Å². The summed E-state index contributed by atoms with van der Waals surface area (Å²) in [6.45, 7) is 4.48. The lowest BCUT2D eigenvalue weighted by Crippen LogP contribution is -2.36. The number of carbonyl (C=O) groups is 2. The summed E-state index contributed by atoms with van der Waals surface area (Å²) in [7, 11) is 4.59. The number of fused-ring (bicyclic) bond motifs is 1. The third-order valence-corrected chi connectivity index (χ3v) is 6.76. The number of aromatic nitrogens is 2. The molecule has 1 aliphatic heterocycles. The molecule has 0 spiro atoms. The van der Waals surface area contributed by atoms with Gasteiger partial charge in [0.05, 0.1) is 42.1 Å². The molecule has 4 rings (SSSR count). The molecule has 1 amide bonds. The summed E-state index contributed by atoms with van der Waals surface area (Å²) >= 11 is 6.63. The van der Waals surface area contributed by atoms with Gasteiger partial charge in [-0.05, 0) is 47.2 Å². The number of morpholine rings is 1. The molecular weight excluding hydrogens is 480 g/mol. The van der Waals surface area contributed by atoms with E-state index in [2.05, 4.69) is 25.8 Å². The van der Waals surface area contributed by atoms with Crippen LogP contribution in [0.25, 0.3) is 11.0 Å². The van der Waals surface area contributed by atoms with Crippen LogP contribution < -0.4 is 15.5 Å². The lowest BCUT2D eigenvalue weighted by molar-refractivity contribution is 0.0601. The summed E-state index contributed by atoms with van der Waals surface area (Å²) in [6.07, 6.45) is 0. The Kier molecular flexibility index (Phi) is 6.95. The number of methoxy groups -OCH3 is 1. The van der Waals surface area contributed by atoms with Gasteiger partial charge in [0, 0.05) is 27.2 Å².